The van der Waals surface area contributed by atoms with Gasteiger partial charge in [0.2, 0.25) is 0 Å². The fourth-order valence-electron chi connectivity index (χ4n) is 4.55. The van der Waals surface area contributed by atoms with Crippen molar-refractivity contribution in [1.29, 1.82) is 0 Å². The first-order valence-corrected chi connectivity index (χ1v) is 10.7. The maximum atomic E-state index is 13.9. The van der Waals surface area contributed by atoms with Gasteiger partial charge in [0.25, 0.3) is 5.92 Å². The molecular weight excluding hydrogens is 402 g/mol. The van der Waals surface area contributed by atoms with E-state index in [4.69, 9.17) is 5.10 Å². The molecule has 164 valence electrons. The molecule has 2 fully saturated rings. The topological polar surface area (TPSA) is 75.0 Å². The highest BCUT2D eigenvalue weighted by Gasteiger charge is 2.32. The zero-order valence-corrected chi connectivity index (χ0v) is 17.7. The molecule has 10 heteroatoms. The first kappa shape index (κ1) is 20.0. The van der Waals surface area contributed by atoms with Gasteiger partial charge in [0.1, 0.15) is 11.5 Å². The quantitative estimate of drug-likeness (QED) is 0.670. The molecule has 1 N–H and O–H groups in total. The normalized spacial score (nSPS) is 20.1. The molecule has 1 atom stereocenters. The number of nitrogens with zero attached hydrogens (tertiary/aromatic N) is 7. The average molecular weight is 428 g/mol. The molecule has 2 aliphatic rings. The third-order valence-corrected chi connectivity index (χ3v) is 6.21. The molecule has 0 amide bonds. The Balaban J connectivity index is 1.56. The number of hydrogen-bond donors (Lipinski definition) is 1. The summed E-state index contributed by atoms with van der Waals surface area (Å²) in [4.78, 5) is 17.4. The molecule has 3 aromatic heterocycles. The van der Waals surface area contributed by atoms with Gasteiger partial charge in [-0.1, -0.05) is 0 Å². The van der Waals surface area contributed by atoms with E-state index < -0.39 is 5.92 Å². The fraction of sp³-hybridized carbons (Fsp3) is 0.524. The van der Waals surface area contributed by atoms with Crippen molar-refractivity contribution in [2.24, 2.45) is 0 Å². The molecule has 5 rings (SSSR count). The van der Waals surface area contributed by atoms with Gasteiger partial charge in [-0.25, -0.2) is 14.6 Å². The van der Waals surface area contributed by atoms with Crippen molar-refractivity contribution in [1.82, 2.24) is 29.6 Å². The van der Waals surface area contributed by atoms with Crippen LogP contribution in [0.5, 0.6) is 0 Å². The Hall–Kier alpha value is -2.88. The van der Waals surface area contributed by atoms with E-state index in [0.717, 1.165) is 62.4 Å². The van der Waals surface area contributed by atoms with E-state index in [1.165, 1.54) is 19.0 Å². The number of anilines is 2. The van der Waals surface area contributed by atoms with Crippen LogP contribution in [0.2, 0.25) is 0 Å². The number of aromatic nitrogens is 5. The summed E-state index contributed by atoms with van der Waals surface area (Å²) in [7, 11) is 1.79. The number of likely N-dealkylation sites (tertiary alicyclic amines) is 1. The maximum absolute atomic E-state index is 13.9. The van der Waals surface area contributed by atoms with Gasteiger partial charge < -0.3 is 10.2 Å². The number of fused-ring (bicyclic) bond motifs is 1. The molecule has 31 heavy (non-hydrogen) atoms. The zero-order chi connectivity index (χ0) is 21.6. The van der Waals surface area contributed by atoms with Crippen molar-refractivity contribution in [2.75, 3.05) is 43.4 Å². The Morgan fingerprint density at radius 2 is 1.94 bits per heavy atom. The molecule has 2 saturated heterocycles. The van der Waals surface area contributed by atoms with Crippen LogP contribution in [-0.2, 0) is 5.92 Å². The van der Waals surface area contributed by atoms with Crippen LogP contribution in [0.15, 0.2) is 24.7 Å². The zero-order valence-electron chi connectivity index (χ0n) is 17.7. The summed E-state index contributed by atoms with van der Waals surface area (Å²) >= 11 is 0. The van der Waals surface area contributed by atoms with Gasteiger partial charge >= 0.3 is 0 Å². The molecule has 3 aromatic rings. The molecule has 5 heterocycles. The lowest BCUT2D eigenvalue weighted by Gasteiger charge is -2.23. The first-order chi connectivity index (χ1) is 14.9. The lowest BCUT2D eigenvalue weighted by atomic mass is 10.2. The van der Waals surface area contributed by atoms with Gasteiger partial charge in [-0.15, -0.1) is 5.10 Å². The predicted molar refractivity (Wildman–Crippen MR) is 115 cm³/mol. The maximum Gasteiger partial charge on any atom is 0.288 e. The van der Waals surface area contributed by atoms with Crippen molar-refractivity contribution in [2.45, 2.75) is 38.2 Å². The van der Waals surface area contributed by atoms with Crippen molar-refractivity contribution in [3.63, 3.8) is 0 Å². The highest BCUT2D eigenvalue weighted by molar-refractivity contribution is 5.92. The second kappa shape index (κ2) is 7.67. The standard InChI is InChI=1S/C21H26F2N8/c1-21(22,23)17-11-25-12-19(27-17)31-16-9-18(24-2)26-10-15(16)20(28-31)30-8-5-14(13-30)29-6-3-4-7-29/h9-12,14H,3-8,13H2,1-2H3,(H,24,26). The van der Waals surface area contributed by atoms with E-state index in [0.29, 0.717) is 11.9 Å². The number of hydrogen-bond acceptors (Lipinski definition) is 7. The predicted octanol–water partition coefficient (Wildman–Crippen LogP) is 3.04. The lowest BCUT2D eigenvalue weighted by molar-refractivity contribution is 0.0123. The highest BCUT2D eigenvalue weighted by atomic mass is 19.3. The Morgan fingerprint density at radius 1 is 1.13 bits per heavy atom. The fourth-order valence-corrected chi connectivity index (χ4v) is 4.55. The molecule has 2 aliphatic heterocycles. The van der Waals surface area contributed by atoms with Gasteiger partial charge in [0.15, 0.2) is 11.6 Å². The summed E-state index contributed by atoms with van der Waals surface area (Å²) in [5.41, 5.74) is 0.373. The largest absolute Gasteiger partial charge is 0.373 e. The number of pyridine rings is 1. The molecule has 0 aliphatic carbocycles. The van der Waals surface area contributed by atoms with Crippen molar-refractivity contribution < 1.29 is 8.78 Å². The van der Waals surface area contributed by atoms with Crippen molar-refractivity contribution >= 4 is 22.5 Å². The molecule has 1 unspecified atom stereocenters. The molecule has 8 nitrogen and oxygen atoms in total. The van der Waals surface area contributed by atoms with Gasteiger partial charge in [-0.2, -0.15) is 8.78 Å². The van der Waals surface area contributed by atoms with E-state index >= 15 is 0 Å². The SMILES string of the molecule is CNc1cc2c(cn1)c(N1CCC(N3CCCC3)C1)nn2-c1cncc(C(C)(F)F)n1. The molecule has 0 radical (unpaired) electrons. The smallest absolute Gasteiger partial charge is 0.288 e. The van der Waals surface area contributed by atoms with Crippen LogP contribution in [-0.4, -0.2) is 68.9 Å². The Kier molecular flexibility index (Phi) is 4.96. The van der Waals surface area contributed by atoms with Gasteiger partial charge in [-0.05, 0) is 32.4 Å². The second-order valence-electron chi connectivity index (χ2n) is 8.35. The minimum atomic E-state index is -3.08. The van der Waals surface area contributed by atoms with E-state index in [-0.39, 0.29) is 11.5 Å². The van der Waals surface area contributed by atoms with E-state index in [2.05, 4.69) is 30.1 Å². The minimum absolute atomic E-state index is 0.263. The lowest BCUT2D eigenvalue weighted by Crippen LogP contribution is -2.35. The van der Waals surface area contributed by atoms with Gasteiger partial charge in [0.05, 0.1) is 23.3 Å². The number of rotatable bonds is 5. The van der Waals surface area contributed by atoms with Crippen LogP contribution in [0.4, 0.5) is 20.4 Å². The third kappa shape index (κ3) is 3.69. The minimum Gasteiger partial charge on any atom is -0.373 e. The average Bonchev–Trinajstić information content (AvgIpc) is 3.51. The molecule has 0 spiro atoms. The third-order valence-electron chi connectivity index (χ3n) is 6.21. The Labute approximate surface area is 179 Å². The van der Waals surface area contributed by atoms with Gasteiger partial charge in [0, 0.05) is 45.4 Å². The van der Waals surface area contributed by atoms with Crippen molar-refractivity contribution in [3.05, 3.63) is 30.4 Å². The molecular formula is C21H26F2N8. The summed E-state index contributed by atoms with van der Waals surface area (Å²) in [5, 5.41) is 8.71. The summed E-state index contributed by atoms with van der Waals surface area (Å²) in [6.45, 7) is 4.94. The second-order valence-corrected chi connectivity index (χ2v) is 8.35. The molecule has 0 aromatic carbocycles. The first-order valence-electron chi connectivity index (χ1n) is 10.7. The van der Waals surface area contributed by atoms with Crippen LogP contribution in [0.3, 0.4) is 0 Å². The highest BCUT2D eigenvalue weighted by Crippen LogP contribution is 2.33. The van der Waals surface area contributed by atoms with Crippen LogP contribution < -0.4 is 10.2 Å². The Morgan fingerprint density at radius 3 is 2.68 bits per heavy atom. The van der Waals surface area contributed by atoms with E-state index in [1.807, 2.05) is 6.07 Å². The van der Waals surface area contributed by atoms with Crippen LogP contribution >= 0.6 is 0 Å². The summed E-state index contributed by atoms with van der Waals surface area (Å²) in [6, 6.07) is 2.38. The van der Waals surface area contributed by atoms with E-state index in [9.17, 15) is 8.78 Å². The number of halogens is 2. The summed E-state index contributed by atoms with van der Waals surface area (Å²) in [5.74, 6) is -1.34. The summed E-state index contributed by atoms with van der Waals surface area (Å²) in [6.07, 6.45) is 7.96. The van der Waals surface area contributed by atoms with Gasteiger partial charge in [-0.3, -0.25) is 9.88 Å². The molecule has 0 saturated carbocycles. The molecule has 0 bridgehead atoms. The van der Waals surface area contributed by atoms with Crippen LogP contribution in [0.1, 0.15) is 31.9 Å². The van der Waals surface area contributed by atoms with Crippen LogP contribution in [0.25, 0.3) is 16.7 Å². The monoisotopic (exact) mass is 428 g/mol. The number of nitrogens with one attached hydrogen (secondary N) is 1. The summed E-state index contributed by atoms with van der Waals surface area (Å²) < 4.78 is 29.3. The van der Waals surface area contributed by atoms with Crippen molar-refractivity contribution in [3.8, 4) is 5.82 Å². The Bertz CT molecular complexity index is 1090. The van der Waals surface area contributed by atoms with Crippen LogP contribution in [0, 0.1) is 0 Å². The number of alkyl halides is 2. The van der Waals surface area contributed by atoms with E-state index in [1.54, 1.807) is 17.9 Å².